The van der Waals surface area contributed by atoms with Gasteiger partial charge in [0.1, 0.15) is 0 Å². The molecule has 1 aromatic carbocycles. The molecule has 1 saturated heterocycles. The first kappa shape index (κ1) is 21.9. The van der Waals surface area contributed by atoms with Gasteiger partial charge in [0.15, 0.2) is 5.65 Å². The van der Waals surface area contributed by atoms with E-state index >= 15 is 0 Å². The number of aryl methyl sites for hydroxylation is 1. The minimum absolute atomic E-state index is 0.189. The molecule has 1 aliphatic heterocycles. The van der Waals surface area contributed by atoms with E-state index in [1.54, 1.807) is 18.5 Å². The van der Waals surface area contributed by atoms with E-state index in [1.807, 2.05) is 23.7 Å². The van der Waals surface area contributed by atoms with Crippen molar-refractivity contribution in [2.24, 2.45) is 0 Å². The first-order valence-electron chi connectivity index (χ1n) is 10.5. The van der Waals surface area contributed by atoms with Crippen molar-refractivity contribution < 1.29 is 9.53 Å². The third-order valence-electron chi connectivity index (χ3n) is 5.49. The predicted octanol–water partition coefficient (Wildman–Crippen LogP) is 4.32. The maximum absolute atomic E-state index is 13.1. The van der Waals surface area contributed by atoms with Crippen LogP contribution < -0.4 is 10.6 Å². The Morgan fingerprint density at radius 2 is 2.06 bits per heavy atom. The molecule has 7 nitrogen and oxygen atoms in total. The number of carbonyl (C=O) groups excluding carboxylic acids is 1. The normalized spacial score (nSPS) is 14.7. The summed E-state index contributed by atoms with van der Waals surface area (Å²) in [5.41, 5.74) is 2.94. The molecular weight excluding hydrogens is 437 g/mol. The summed E-state index contributed by atoms with van der Waals surface area (Å²) in [6, 6.07) is 5.74. The molecule has 31 heavy (non-hydrogen) atoms. The van der Waals surface area contributed by atoms with Crippen LogP contribution in [0, 0.1) is 0 Å². The summed E-state index contributed by atoms with van der Waals surface area (Å²) >= 11 is 12.3. The molecule has 0 spiro atoms. The van der Waals surface area contributed by atoms with Gasteiger partial charge in [-0.2, -0.15) is 5.10 Å². The van der Waals surface area contributed by atoms with Gasteiger partial charge in [-0.1, -0.05) is 35.3 Å². The Kier molecular flexibility index (Phi) is 6.95. The van der Waals surface area contributed by atoms with Gasteiger partial charge >= 0.3 is 0 Å². The van der Waals surface area contributed by atoms with Crippen LogP contribution in [-0.2, 0) is 17.7 Å². The molecule has 3 heterocycles. The number of nitrogens with zero attached hydrogens (tertiary/aromatic N) is 3. The highest BCUT2D eigenvalue weighted by molar-refractivity contribution is 6.42. The number of amides is 1. The van der Waals surface area contributed by atoms with E-state index in [0.717, 1.165) is 35.1 Å². The zero-order chi connectivity index (χ0) is 21.8. The van der Waals surface area contributed by atoms with Crippen LogP contribution in [0.4, 0.5) is 5.69 Å². The van der Waals surface area contributed by atoms with Gasteiger partial charge in [-0.25, -0.2) is 9.67 Å². The first-order chi connectivity index (χ1) is 15.1. The molecule has 1 amide bonds. The van der Waals surface area contributed by atoms with Gasteiger partial charge in [0, 0.05) is 38.5 Å². The number of halogens is 2. The van der Waals surface area contributed by atoms with Gasteiger partial charge in [-0.3, -0.25) is 4.79 Å². The highest BCUT2D eigenvalue weighted by Crippen LogP contribution is 2.29. The zero-order valence-electron chi connectivity index (χ0n) is 17.3. The smallest absolute Gasteiger partial charge is 0.254 e. The number of aromatic nitrogens is 3. The lowest BCUT2D eigenvalue weighted by molar-refractivity contribution is 0.0904. The number of hydrogen-bond donors (Lipinski definition) is 2. The molecule has 0 aliphatic carbocycles. The van der Waals surface area contributed by atoms with Gasteiger partial charge in [0.05, 0.1) is 32.9 Å². The van der Waals surface area contributed by atoms with Crippen molar-refractivity contribution in [1.82, 2.24) is 20.1 Å². The summed E-state index contributed by atoms with van der Waals surface area (Å²) in [6.07, 6.45) is 5.76. The van der Waals surface area contributed by atoms with Crippen LogP contribution in [0.15, 0.2) is 30.6 Å². The summed E-state index contributed by atoms with van der Waals surface area (Å²) in [7, 11) is 0. The molecule has 2 N–H and O–H groups in total. The van der Waals surface area contributed by atoms with Gasteiger partial charge in [-0.15, -0.1) is 0 Å². The minimum Gasteiger partial charge on any atom is -0.381 e. The predicted molar refractivity (Wildman–Crippen MR) is 123 cm³/mol. The molecule has 0 unspecified atom stereocenters. The van der Waals surface area contributed by atoms with Gasteiger partial charge in [0.2, 0.25) is 0 Å². The number of ether oxygens (including phenoxy) is 1. The van der Waals surface area contributed by atoms with Crippen LogP contribution in [0.25, 0.3) is 11.0 Å². The minimum atomic E-state index is -0.189. The largest absolute Gasteiger partial charge is 0.381 e. The molecule has 0 bridgehead atoms. The highest BCUT2D eigenvalue weighted by Gasteiger charge is 2.22. The van der Waals surface area contributed by atoms with E-state index in [-0.39, 0.29) is 11.9 Å². The van der Waals surface area contributed by atoms with Gasteiger partial charge < -0.3 is 15.4 Å². The van der Waals surface area contributed by atoms with Crippen molar-refractivity contribution in [3.05, 3.63) is 51.8 Å². The third-order valence-corrected chi connectivity index (χ3v) is 6.35. The van der Waals surface area contributed by atoms with Crippen LogP contribution in [-0.4, -0.2) is 46.5 Å². The summed E-state index contributed by atoms with van der Waals surface area (Å²) < 4.78 is 7.30. The van der Waals surface area contributed by atoms with E-state index in [9.17, 15) is 4.79 Å². The lowest BCUT2D eigenvalue weighted by Gasteiger charge is -2.25. The average molecular weight is 462 g/mol. The zero-order valence-corrected chi connectivity index (χ0v) is 18.8. The van der Waals surface area contributed by atoms with E-state index in [1.165, 1.54) is 0 Å². The Labute approximate surface area is 191 Å². The third kappa shape index (κ3) is 4.79. The number of carbonyl (C=O) groups is 1. The fraction of sp³-hybridized carbons (Fsp3) is 0.409. The van der Waals surface area contributed by atoms with Gasteiger partial charge in [0.25, 0.3) is 5.91 Å². The Morgan fingerprint density at radius 3 is 2.84 bits per heavy atom. The molecule has 3 aromatic rings. The molecule has 164 valence electrons. The average Bonchev–Trinajstić information content (AvgIpc) is 3.21. The second kappa shape index (κ2) is 9.85. The van der Waals surface area contributed by atoms with Crippen molar-refractivity contribution in [3.8, 4) is 0 Å². The van der Waals surface area contributed by atoms with Crippen molar-refractivity contribution in [2.45, 2.75) is 38.8 Å². The van der Waals surface area contributed by atoms with E-state index in [0.29, 0.717) is 48.3 Å². The molecule has 9 heteroatoms. The molecule has 1 fully saturated rings. The SMILES string of the molecule is CCn1ncc2c(NC3CCOCC3)c(C(=O)NCCc3cccc(Cl)c3Cl)cnc21. The number of hydrogen-bond acceptors (Lipinski definition) is 5. The highest BCUT2D eigenvalue weighted by atomic mass is 35.5. The number of nitrogens with one attached hydrogen (secondary N) is 2. The second-order valence-electron chi connectivity index (χ2n) is 7.49. The maximum atomic E-state index is 13.1. The van der Waals surface area contributed by atoms with Crippen LogP contribution in [0.2, 0.25) is 10.0 Å². The number of rotatable bonds is 7. The molecule has 2 aromatic heterocycles. The number of anilines is 1. The number of benzene rings is 1. The van der Waals surface area contributed by atoms with Crippen LogP contribution >= 0.6 is 23.2 Å². The summed E-state index contributed by atoms with van der Waals surface area (Å²) in [5, 5.41) is 12.8. The van der Waals surface area contributed by atoms with Crippen LogP contribution in [0.1, 0.15) is 35.7 Å². The fourth-order valence-electron chi connectivity index (χ4n) is 3.78. The van der Waals surface area contributed by atoms with Crippen molar-refractivity contribution >= 4 is 45.8 Å². The van der Waals surface area contributed by atoms with E-state index < -0.39 is 0 Å². The first-order valence-corrected chi connectivity index (χ1v) is 11.2. The molecule has 0 saturated carbocycles. The topological polar surface area (TPSA) is 81.1 Å². The second-order valence-corrected chi connectivity index (χ2v) is 8.28. The molecule has 0 radical (unpaired) electrons. The maximum Gasteiger partial charge on any atom is 0.254 e. The van der Waals surface area contributed by atoms with Crippen molar-refractivity contribution in [3.63, 3.8) is 0 Å². The fourth-order valence-corrected chi connectivity index (χ4v) is 4.19. The summed E-state index contributed by atoms with van der Waals surface area (Å²) in [4.78, 5) is 17.6. The van der Waals surface area contributed by atoms with Gasteiger partial charge in [-0.05, 0) is 37.8 Å². The molecule has 1 aliphatic rings. The Balaban J connectivity index is 1.55. The lowest BCUT2D eigenvalue weighted by atomic mass is 10.1. The summed E-state index contributed by atoms with van der Waals surface area (Å²) in [6.45, 7) is 4.58. The van der Waals surface area contributed by atoms with Crippen molar-refractivity contribution in [1.29, 1.82) is 0 Å². The number of pyridine rings is 1. The Bertz CT molecular complexity index is 1080. The number of fused-ring (bicyclic) bond motifs is 1. The molecule has 0 atom stereocenters. The van der Waals surface area contributed by atoms with E-state index in [2.05, 4.69) is 20.7 Å². The Morgan fingerprint density at radius 1 is 1.26 bits per heavy atom. The van der Waals surface area contributed by atoms with Crippen LogP contribution in [0.3, 0.4) is 0 Å². The lowest BCUT2D eigenvalue weighted by Crippen LogP contribution is -2.31. The monoisotopic (exact) mass is 461 g/mol. The van der Waals surface area contributed by atoms with Crippen LogP contribution in [0.5, 0.6) is 0 Å². The molecular formula is C22H25Cl2N5O2. The summed E-state index contributed by atoms with van der Waals surface area (Å²) in [5.74, 6) is -0.189. The van der Waals surface area contributed by atoms with E-state index in [4.69, 9.17) is 27.9 Å². The molecule has 4 rings (SSSR count). The Hall–Kier alpha value is -2.35. The standard InChI is InChI=1S/C22H25Cl2N5O2/c1-2-29-21-16(13-27-29)20(28-15-7-10-31-11-8-15)17(12-26-21)22(30)25-9-6-14-4-3-5-18(23)19(14)24/h3-5,12-13,15H,2,6-11H2,1H3,(H,25,30)(H,26,28). The van der Waals surface area contributed by atoms with Crippen molar-refractivity contribution in [2.75, 3.05) is 25.1 Å². The quantitative estimate of drug-likeness (QED) is 0.547.